The molecule has 0 aromatic carbocycles. The molecule has 0 bridgehead atoms. The maximum atomic E-state index is 10.5. The van der Waals surface area contributed by atoms with Crippen LogP contribution >= 0.6 is 0 Å². The summed E-state index contributed by atoms with van der Waals surface area (Å²) in [4.78, 5) is 14.4. The Morgan fingerprint density at radius 2 is 2.40 bits per heavy atom. The molecular weight excluding hydrogens is 191 g/mol. The molecule has 1 aromatic rings. The average molecular weight is 196 g/mol. The average Bonchev–Trinajstić information content (AvgIpc) is 1.88. The van der Waals surface area contributed by atoms with E-state index in [9.17, 15) is 4.79 Å². The van der Waals surface area contributed by atoms with Gasteiger partial charge in [0.25, 0.3) is 0 Å². The number of primary amides is 1. The first-order valence-electron chi connectivity index (χ1n) is 2.65. The predicted octanol–water partition coefficient (Wildman–Crippen LogP) is -1.03. The van der Waals surface area contributed by atoms with E-state index in [1.807, 2.05) is 0 Å². The number of hydrogen-bond acceptors (Lipinski definition) is 2. The van der Waals surface area contributed by atoms with Crippen LogP contribution in [0.1, 0.15) is 10.4 Å². The van der Waals surface area contributed by atoms with E-state index in [2.05, 4.69) is 21.8 Å². The molecule has 1 heterocycles. The standard InChI is InChI=1S/C6H5AsN2O/c7-5-3-4(6(8)10)1-2-9-5/h1-3H,(H2,8,10). The first kappa shape index (κ1) is 7.29. The van der Waals surface area contributed by atoms with Crippen LogP contribution in [0.2, 0.25) is 0 Å². The molecule has 0 aliphatic heterocycles. The van der Waals surface area contributed by atoms with Crippen molar-refractivity contribution < 1.29 is 4.79 Å². The molecule has 1 amide bonds. The van der Waals surface area contributed by atoms with Gasteiger partial charge < -0.3 is 0 Å². The molecule has 0 aliphatic carbocycles. The molecule has 2 radical (unpaired) electrons. The summed E-state index contributed by atoms with van der Waals surface area (Å²) in [6.07, 6.45) is 1.55. The Balaban J connectivity index is 3.07. The number of aromatic nitrogens is 1. The Kier molecular flexibility index (Phi) is 2.07. The van der Waals surface area contributed by atoms with Crippen LogP contribution in [0.4, 0.5) is 0 Å². The zero-order valence-electron chi connectivity index (χ0n) is 5.11. The first-order chi connectivity index (χ1) is 4.70. The molecule has 10 heavy (non-hydrogen) atoms. The van der Waals surface area contributed by atoms with E-state index in [1.54, 1.807) is 18.3 Å². The second-order valence-corrected chi connectivity index (χ2v) is 2.73. The number of amides is 1. The van der Waals surface area contributed by atoms with Gasteiger partial charge in [0.05, 0.1) is 0 Å². The van der Waals surface area contributed by atoms with Gasteiger partial charge in [-0.25, -0.2) is 0 Å². The van der Waals surface area contributed by atoms with Gasteiger partial charge in [0, 0.05) is 0 Å². The number of hydrogen-bond donors (Lipinski definition) is 1. The third-order valence-corrected chi connectivity index (χ3v) is 1.54. The molecule has 0 fully saturated rings. The summed E-state index contributed by atoms with van der Waals surface area (Å²) in [5, 5.41) is 0. The van der Waals surface area contributed by atoms with Crippen molar-refractivity contribution in [3.8, 4) is 0 Å². The third kappa shape index (κ3) is 1.58. The van der Waals surface area contributed by atoms with Crippen molar-refractivity contribution >= 4 is 27.2 Å². The van der Waals surface area contributed by atoms with Gasteiger partial charge in [-0.1, -0.05) is 0 Å². The van der Waals surface area contributed by atoms with Gasteiger partial charge in [0.1, 0.15) is 0 Å². The molecule has 0 spiro atoms. The third-order valence-electron chi connectivity index (χ3n) is 1.03. The molecule has 1 aromatic heterocycles. The molecular formula is C6H5AsN2O. The van der Waals surface area contributed by atoms with Crippen molar-refractivity contribution in [1.29, 1.82) is 0 Å². The van der Waals surface area contributed by atoms with Gasteiger partial charge in [0.2, 0.25) is 0 Å². The number of pyridine rings is 1. The Labute approximate surface area is 67.1 Å². The number of nitrogens with two attached hydrogens (primary N) is 1. The van der Waals surface area contributed by atoms with Crippen LogP contribution < -0.4 is 10.2 Å². The SMILES string of the molecule is NC(=O)c1ccnc([As])c1. The topological polar surface area (TPSA) is 56.0 Å². The van der Waals surface area contributed by atoms with Gasteiger partial charge in [-0.3, -0.25) is 0 Å². The first-order valence-corrected chi connectivity index (χ1v) is 3.59. The van der Waals surface area contributed by atoms with Crippen LogP contribution in [0, 0.1) is 0 Å². The van der Waals surface area contributed by atoms with Crippen molar-refractivity contribution in [3.63, 3.8) is 0 Å². The Morgan fingerprint density at radius 1 is 1.70 bits per heavy atom. The predicted molar refractivity (Wildman–Crippen MR) is 38.1 cm³/mol. The second-order valence-electron chi connectivity index (χ2n) is 1.77. The summed E-state index contributed by atoms with van der Waals surface area (Å²) in [6, 6.07) is 3.21. The fourth-order valence-electron chi connectivity index (χ4n) is 0.572. The monoisotopic (exact) mass is 196 g/mol. The molecule has 4 heteroatoms. The summed E-state index contributed by atoms with van der Waals surface area (Å²) in [7, 11) is 0. The maximum absolute atomic E-state index is 10.5. The molecule has 3 nitrogen and oxygen atoms in total. The second kappa shape index (κ2) is 2.84. The summed E-state index contributed by atoms with van der Waals surface area (Å²) in [5.74, 6) is -0.422. The Bertz CT molecular complexity index is 262. The number of carbonyl (C=O) groups excluding carboxylic acids is 1. The molecule has 50 valence electrons. The van der Waals surface area contributed by atoms with Gasteiger partial charge in [-0.15, -0.1) is 0 Å². The summed E-state index contributed by atoms with van der Waals surface area (Å²) >= 11 is 2.25. The van der Waals surface area contributed by atoms with Gasteiger partial charge in [-0.2, -0.15) is 0 Å². The van der Waals surface area contributed by atoms with E-state index < -0.39 is 5.91 Å². The molecule has 0 atom stereocenters. The minimum atomic E-state index is -0.422. The van der Waals surface area contributed by atoms with Gasteiger partial charge in [-0.05, 0) is 0 Å². The van der Waals surface area contributed by atoms with Crippen molar-refractivity contribution in [2.45, 2.75) is 0 Å². The Hall–Kier alpha value is -0.822. The van der Waals surface area contributed by atoms with Crippen LogP contribution in [0.3, 0.4) is 0 Å². The zero-order valence-corrected chi connectivity index (χ0v) is 6.99. The summed E-state index contributed by atoms with van der Waals surface area (Å²) in [6.45, 7) is 0. The van der Waals surface area contributed by atoms with Gasteiger partial charge in [0.15, 0.2) is 0 Å². The van der Waals surface area contributed by atoms with Crippen molar-refractivity contribution in [3.05, 3.63) is 23.9 Å². The molecule has 0 saturated heterocycles. The van der Waals surface area contributed by atoms with E-state index in [4.69, 9.17) is 5.73 Å². The summed E-state index contributed by atoms with van der Waals surface area (Å²) < 4.78 is 0.740. The van der Waals surface area contributed by atoms with Gasteiger partial charge >= 0.3 is 66.6 Å². The van der Waals surface area contributed by atoms with E-state index >= 15 is 0 Å². The normalized spacial score (nSPS) is 9.30. The molecule has 0 aliphatic rings. The van der Waals surface area contributed by atoms with E-state index in [1.165, 1.54) is 0 Å². The van der Waals surface area contributed by atoms with Crippen LogP contribution in [0.25, 0.3) is 0 Å². The van der Waals surface area contributed by atoms with E-state index in [0.717, 1.165) is 4.48 Å². The van der Waals surface area contributed by atoms with Crippen LogP contribution in [-0.2, 0) is 0 Å². The molecule has 0 unspecified atom stereocenters. The van der Waals surface area contributed by atoms with Crippen molar-refractivity contribution in [2.75, 3.05) is 0 Å². The van der Waals surface area contributed by atoms with Crippen LogP contribution in [0.15, 0.2) is 18.3 Å². The quantitative estimate of drug-likeness (QED) is 0.584. The van der Waals surface area contributed by atoms with Crippen LogP contribution in [0.5, 0.6) is 0 Å². The number of nitrogens with zero attached hydrogens (tertiary/aromatic N) is 1. The minimum absolute atomic E-state index is 0.422. The molecule has 0 saturated carbocycles. The Morgan fingerprint density at radius 3 is 2.80 bits per heavy atom. The molecule has 1 rings (SSSR count). The number of rotatable bonds is 1. The fraction of sp³-hybridized carbons (Fsp3) is 0. The van der Waals surface area contributed by atoms with E-state index in [0.29, 0.717) is 5.56 Å². The number of carbonyl (C=O) groups is 1. The zero-order chi connectivity index (χ0) is 7.56. The summed E-state index contributed by atoms with van der Waals surface area (Å²) in [5.41, 5.74) is 5.50. The van der Waals surface area contributed by atoms with Crippen molar-refractivity contribution in [2.24, 2.45) is 5.73 Å². The van der Waals surface area contributed by atoms with Crippen LogP contribution in [-0.4, -0.2) is 27.7 Å². The van der Waals surface area contributed by atoms with Crippen molar-refractivity contribution in [1.82, 2.24) is 4.98 Å². The molecule has 2 N–H and O–H groups in total. The fourth-order valence-corrected chi connectivity index (χ4v) is 1.00. The van der Waals surface area contributed by atoms with E-state index in [-0.39, 0.29) is 0 Å².